The van der Waals surface area contributed by atoms with Gasteiger partial charge in [-0.15, -0.1) is 10.2 Å². The van der Waals surface area contributed by atoms with Gasteiger partial charge in [-0.05, 0) is 25.0 Å². The summed E-state index contributed by atoms with van der Waals surface area (Å²) < 4.78 is 14.2. The molecule has 1 aromatic heterocycles. The number of carbonyl (C=O) groups is 1. The van der Waals surface area contributed by atoms with Crippen molar-refractivity contribution in [2.45, 2.75) is 38.0 Å². The van der Waals surface area contributed by atoms with E-state index < -0.39 is 5.97 Å². The van der Waals surface area contributed by atoms with Crippen LogP contribution in [-0.4, -0.2) is 33.6 Å². The van der Waals surface area contributed by atoms with Crippen molar-refractivity contribution in [3.05, 3.63) is 30.2 Å². The summed E-state index contributed by atoms with van der Waals surface area (Å²) in [4.78, 5) is 9.37. The van der Waals surface area contributed by atoms with Crippen molar-refractivity contribution >= 4 is 17.9 Å². The number of carboxylic acid groups (broad SMARTS) is 1. The van der Waals surface area contributed by atoms with Gasteiger partial charge in [-0.2, -0.15) is 0 Å². The van der Waals surface area contributed by atoms with Crippen LogP contribution in [0.4, 0.5) is 0 Å². The van der Waals surface area contributed by atoms with Crippen LogP contribution in [0.15, 0.2) is 28.7 Å². The molecule has 0 radical (unpaired) electrons. The van der Waals surface area contributed by atoms with E-state index in [-0.39, 0.29) is 6.42 Å². The van der Waals surface area contributed by atoms with Crippen molar-refractivity contribution in [1.82, 2.24) is 14.9 Å². The molecule has 1 fully saturated rings. The predicted octanol–water partition coefficient (Wildman–Crippen LogP) is 3.13. The van der Waals surface area contributed by atoms with Gasteiger partial charge < -0.3 is 14.3 Å². The maximum absolute atomic E-state index is 9.37. The molecule has 1 heterocycles. The fourth-order valence-corrected chi connectivity index (χ4v) is 2.48. The normalized spacial score (nSPS) is 13.1. The second kappa shape index (κ2) is 9.29. The van der Waals surface area contributed by atoms with Crippen LogP contribution in [0.3, 0.4) is 0 Å². The van der Waals surface area contributed by atoms with E-state index in [4.69, 9.17) is 14.3 Å². The summed E-state index contributed by atoms with van der Waals surface area (Å²) in [5, 5.41) is 16.6. The van der Waals surface area contributed by atoms with E-state index in [9.17, 15) is 4.79 Å². The number of hydrogen-bond donors (Lipinski definition) is 2. The van der Waals surface area contributed by atoms with Crippen LogP contribution in [-0.2, 0) is 11.3 Å². The largest absolute Gasteiger partial charge is 0.496 e. The first-order valence-corrected chi connectivity index (χ1v) is 8.58. The SMILES string of the molecule is CCC(=O)O.COc1ccccc1-c1nnc(CNSC2CC2)o1. The highest BCUT2D eigenvalue weighted by Crippen LogP contribution is 2.32. The first-order valence-electron chi connectivity index (χ1n) is 7.70. The lowest BCUT2D eigenvalue weighted by molar-refractivity contribution is -0.136. The third-order valence-electron chi connectivity index (χ3n) is 3.10. The smallest absolute Gasteiger partial charge is 0.303 e. The van der Waals surface area contributed by atoms with Crippen LogP contribution in [0.1, 0.15) is 32.1 Å². The number of aromatic nitrogens is 2. The topological polar surface area (TPSA) is 97.5 Å². The molecule has 0 amide bonds. The maximum atomic E-state index is 9.37. The Morgan fingerprint density at radius 1 is 1.42 bits per heavy atom. The van der Waals surface area contributed by atoms with Crippen LogP contribution < -0.4 is 9.46 Å². The summed E-state index contributed by atoms with van der Waals surface area (Å²) in [6.07, 6.45) is 2.82. The molecule has 0 aliphatic heterocycles. The lowest BCUT2D eigenvalue weighted by Crippen LogP contribution is -2.04. The van der Waals surface area contributed by atoms with Gasteiger partial charge in [0.15, 0.2) is 0 Å². The van der Waals surface area contributed by atoms with Gasteiger partial charge in [0.05, 0.1) is 19.2 Å². The van der Waals surface area contributed by atoms with Gasteiger partial charge in [0.1, 0.15) is 5.75 Å². The van der Waals surface area contributed by atoms with Crippen molar-refractivity contribution in [3.63, 3.8) is 0 Å². The molecule has 8 heteroatoms. The molecule has 2 aromatic rings. The molecule has 0 atom stereocenters. The highest BCUT2D eigenvalue weighted by molar-refractivity contribution is 7.98. The molecule has 0 saturated heterocycles. The molecule has 2 N–H and O–H groups in total. The number of hydrogen-bond acceptors (Lipinski definition) is 7. The van der Waals surface area contributed by atoms with Gasteiger partial charge >= 0.3 is 5.97 Å². The van der Waals surface area contributed by atoms with Crippen molar-refractivity contribution < 1.29 is 19.1 Å². The Balaban J connectivity index is 0.000000368. The number of aliphatic carboxylic acids is 1. The van der Waals surface area contributed by atoms with Crippen LogP contribution in [0.2, 0.25) is 0 Å². The second-order valence-electron chi connectivity index (χ2n) is 5.09. The van der Waals surface area contributed by atoms with Crippen LogP contribution >= 0.6 is 11.9 Å². The second-order valence-corrected chi connectivity index (χ2v) is 6.28. The summed E-state index contributed by atoms with van der Waals surface area (Å²) in [6.45, 7) is 2.19. The maximum Gasteiger partial charge on any atom is 0.303 e. The van der Waals surface area contributed by atoms with Gasteiger partial charge in [0, 0.05) is 11.7 Å². The average Bonchev–Trinajstić information content (AvgIpc) is 3.31. The minimum Gasteiger partial charge on any atom is -0.496 e. The molecule has 130 valence electrons. The minimum atomic E-state index is -0.745. The van der Waals surface area contributed by atoms with Gasteiger partial charge in [0.2, 0.25) is 5.89 Å². The fraction of sp³-hybridized carbons (Fsp3) is 0.438. The van der Waals surface area contributed by atoms with Gasteiger partial charge in [0.25, 0.3) is 5.89 Å². The molecule has 0 unspecified atom stereocenters. The first kappa shape index (κ1) is 18.3. The Hall–Kier alpha value is -2.06. The Kier molecular flexibility index (Phi) is 7.07. The van der Waals surface area contributed by atoms with E-state index >= 15 is 0 Å². The Morgan fingerprint density at radius 3 is 2.75 bits per heavy atom. The van der Waals surface area contributed by atoms with Crippen molar-refractivity contribution in [2.24, 2.45) is 0 Å². The summed E-state index contributed by atoms with van der Waals surface area (Å²) in [7, 11) is 1.63. The van der Waals surface area contributed by atoms with Gasteiger partial charge in [-0.1, -0.05) is 31.0 Å². The molecule has 3 rings (SSSR count). The van der Waals surface area contributed by atoms with Gasteiger partial charge in [-0.3, -0.25) is 9.52 Å². The lowest BCUT2D eigenvalue weighted by Gasteiger charge is -2.03. The highest BCUT2D eigenvalue weighted by atomic mass is 32.2. The summed E-state index contributed by atoms with van der Waals surface area (Å²) >= 11 is 1.75. The molecule has 1 aliphatic carbocycles. The molecule has 1 aliphatic rings. The quantitative estimate of drug-likeness (QED) is 0.734. The number of methoxy groups -OCH3 is 1. The van der Waals surface area contributed by atoms with Gasteiger partial charge in [-0.25, -0.2) is 0 Å². The highest BCUT2D eigenvalue weighted by Gasteiger charge is 2.22. The molecule has 1 aromatic carbocycles. The standard InChI is InChI=1S/C13H15N3O2S.C3H6O2/c1-17-11-5-3-2-4-10(11)13-16-15-12(18-13)8-14-19-9-6-7-9;1-2-3(4)5/h2-5,9,14H,6-8H2,1H3;2H2,1H3,(H,4,5). The monoisotopic (exact) mass is 351 g/mol. The van der Waals surface area contributed by atoms with E-state index in [1.165, 1.54) is 12.8 Å². The van der Waals surface area contributed by atoms with E-state index in [2.05, 4.69) is 14.9 Å². The third-order valence-corrected chi connectivity index (χ3v) is 4.22. The van der Waals surface area contributed by atoms with Crippen LogP contribution in [0.25, 0.3) is 11.5 Å². The number of ether oxygens (including phenoxy) is 1. The number of nitrogens with one attached hydrogen (secondary N) is 1. The fourth-order valence-electron chi connectivity index (χ4n) is 1.66. The van der Waals surface area contributed by atoms with E-state index in [1.807, 2.05) is 24.3 Å². The summed E-state index contributed by atoms with van der Waals surface area (Å²) in [5.41, 5.74) is 0.818. The van der Waals surface area contributed by atoms with E-state index in [0.29, 0.717) is 18.3 Å². The van der Waals surface area contributed by atoms with E-state index in [0.717, 1.165) is 16.6 Å². The molecule has 0 spiro atoms. The third kappa shape index (κ3) is 5.86. The number of para-hydroxylation sites is 1. The number of rotatable bonds is 7. The van der Waals surface area contributed by atoms with E-state index in [1.54, 1.807) is 26.0 Å². The van der Waals surface area contributed by atoms with Crippen molar-refractivity contribution in [1.29, 1.82) is 0 Å². The molecular formula is C16H21N3O4S. The number of benzene rings is 1. The molecule has 7 nitrogen and oxygen atoms in total. The molecule has 1 saturated carbocycles. The summed E-state index contributed by atoms with van der Waals surface area (Å²) in [6, 6.07) is 7.61. The van der Waals surface area contributed by atoms with Crippen molar-refractivity contribution in [3.8, 4) is 17.2 Å². The average molecular weight is 351 g/mol. The Labute approximate surface area is 144 Å². The molecule has 0 bridgehead atoms. The van der Waals surface area contributed by atoms with Crippen molar-refractivity contribution in [2.75, 3.05) is 7.11 Å². The minimum absolute atomic E-state index is 0.222. The van der Waals surface area contributed by atoms with Crippen LogP contribution in [0, 0.1) is 0 Å². The Morgan fingerprint density at radius 2 is 2.12 bits per heavy atom. The number of nitrogens with zero attached hydrogens (tertiary/aromatic N) is 2. The molecular weight excluding hydrogens is 330 g/mol. The number of carboxylic acids is 1. The lowest BCUT2D eigenvalue weighted by atomic mass is 10.2. The zero-order valence-corrected chi connectivity index (χ0v) is 14.5. The Bertz CT molecular complexity index is 658. The molecule has 24 heavy (non-hydrogen) atoms. The zero-order valence-electron chi connectivity index (χ0n) is 13.7. The van der Waals surface area contributed by atoms with Crippen LogP contribution in [0.5, 0.6) is 5.75 Å². The first-order chi connectivity index (χ1) is 11.6. The summed E-state index contributed by atoms with van der Waals surface area (Å²) in [5.74, 6) is 1.07. The predicted molar refractivity (Wildman–Crippen MR) is 91.7 cm³/mol. The zero-order chi connectivity index (χ0) is 17.4.